The second-order valence-corrected chi connectivity index (χ2v) is 17.4. The van der Waals surface area contributed by atoms with Gasteiger partial charge in [0.15, 0.2) is 6.10 Å². The minimum absolute atomic E-state index is 0.0467. The van der Waals surface area contributed by atoms with Crippen molar-refractivity contribution in [3.05, 3.63) is 72.9 Å². The van der Waals surface area contributed by atoms with Crippen molar-refractivity contribution < 1.29 is 42.1 Å². The molecule has 0 bridgehead atoms. The Hall–Kier alpha value is -2.55. The summed E-state index contributed by atoms with van der Waals surface area (Å²) in [6, 6.07) is 0. The van der Waals surface area contributed by atoms with Gasteiger partial charge in [0.05, 0.1) is 27.7 Å². The highest BCUT2D eigenvalue weighted by molar-refractivity contribution is 7.45. The smallest absolute Gasteiger partial charge is 0.306 e. The second kappa shape index (κ2) is 39.9. The van der Waals surface area contributed by atoms with E-state index in [2.05, 4.69) is 74.6 Å². The number of allylic oxidation sites excluding steroid dienone is 12. The van der Waals surface area contributed by atoms with Gasteiger partial charge in [-0.25, -0.2) is 0 Å². The molecular weight excluding hydrogens is 750 g/mol. The van der Waals surface area contributed by atoms with Crippen LogP contribution in [-0.2, 0) is 32.7 Å². The van der Waals surface area contributed by atoms with Crippen molar-refractivity contribution in [3.63, 3.8) is 0 Å². The molecule has 2 unspecified atom stereocenters. The number of rotatable bonds is 40. The summed E-state index contributed by atoms with van der Waals surface area (Å²) < 4.78 is 33.8. The Morgan fingerprint density at radius 3 is 1.43 bits per heavy atom. The van der Waals surface area contributed by atoms with Gasteiger partial charge in [-0.3, -0.25) is 14.2 Å². The average molecular weight is 834 g/mol. The summed E-state index contributed by atoms with van der Waals surface area (Å²) in [6.07, 6.45) is 49.4. The normalized spacial score (nSPS) is 14.2. The third kappa shape index (κ3) is 43.0. The van der Waals surface area contributed by atoms with Gasteiger partial charge in [-0.05, 0) is 51.4 Å². The maximum Gasteiger partial charge on any atom is 0.306 e. The average Bonchev–Trinajstić information content (AvgIpc) is 3.17. The predicted octanol–water partition coefficient (Wildman–Crippen LogP) is 12.4. The Balaban J connectivity index is 4.48. The highest BCUT2D eigenvalue weighted by Crippen LogP contribution is 2.38. The number of phosphoric ester groups is 1. The number of hydrogen-bond donors (Lipinski definition) is 0. The molecule has 0 aromatic heterocycles. The summed E-state index contributed by atoms with van der Waals surface area (Å²) >= 11 is 0. The summed E-state index contributed by atoms with van der Waals surface area (Å²) in [7, 11) is 1.11. The van der Waals surface area contributed by atoms with Crippen molar-refractivity contribution in [1.29, 1.82) is 0 Å². The van der Waals surface area contributed by atoms with E-state index in [4.69, 9.17) is 18.5 Å². The molecule has 0 saturated carbocycles. The van der Waals surface area contributed by atoms with E-state index in [0.29, 0.717) is 17.4 Å². The minimum Gasteiger partial charge on any atom is -0.756 e. The van der Waals surface area contributed by atoms with Gasteiger partial charge in [0.1, 0.15) is 19.8 Å². The Bertz CT molecular complexity index is 1220. The molecular formula is C48H84NO8P. The number of hydrogen-bond acceptors (Lipinski definition) is 8. The molecule has 58 heavy (non-hydrogen) atoms. The van der Waals surface area contributed by atoms with Crippen LogP contribution in [0.25, 0.3) is 0 Å². The van der Waals surface area contributed by atoms with Crippen LogP contribution in [0.5, 0.6) is 0 Å². The Morgan fingerprint density at radius 1 is 0.552 bits per heavy atom. The number of unbranched alkanes of at least 4 members (excludes halogenated alkanes) is 14. The molecule has 0 N–H and O–H groups in total. The first-order valence-corrected chi connectivity index (χ1v) is 24.1. The van der Waals surface area contributed by atoms with Gasteiger partial charge in [0, 0.05) is 12.8 Å². The summed E-state index contributed by atoms with van der Waals surface area (Å²) in [4.78, 5) is 37.5. The molecule has 10 heteroatoms. The molecule has 0 aromatic carbocycles. The summed E-state index contributed by atoms with van der Waals surface area (Å²) in [6.45, 7) is 4.02. The number of carbonyl (C=O) groups is 2. The lowest BCUT2D eigenvalue weighted by molar-refractivity contribution is -0.870. The van der Waals surface area contributed by atoms with Gasteiger partial charge < -0.3 is 27.9 Å². The third-order valence-electron chi connectivity index (χ3n) is 9.25. The van der Waals surface area contributed by atoms with Gasteiger partial charge in [-0.15, -0.1) is 0 Å². The summed E-state index contributed by atoms with van der Waals surface area (Å²) in [5.74, 6) is -0.934. The molecule has 0 heterocycles. The fourth-order valence-corrected chi connectivity index (χ4v) is 6.47. The van der Waals surface area contributed by atoms with Crippen LogP contribution in [0.4, 0.5) is 0 Å². The topological polar surface area (TPSA) is 111 Å². The molecule has 0 amide bonds. The number of phosphoric acid groups is 1. The number of quaternary nitrogens is 1. The van der Waals surface area contributed by atoms with Crippen LogP contribution in [0, 0.1) is 0 Å². The molecule has 0 aliphatic carbocycles. The van der Waals surface area contributed by atoms with Gasteiger partial charge >= 0.3 is 11.9 Å². The maximum absolute atomic E-state index is 12.7. The van der Waals surface area contributed by atoms with E-state index >= 15 is 0 Å². The third-order valence-corrected chi connectivity index (χ3v) is 10.2. The lowest BCUT2D eigenvalue weighted by atomic mass is 10.0. The number of likely N-dealkylation sites (N-methyl/N-ethyl adjacent to an activating group) is 1. The lowest BCUT2D eigenvalue weighted by Crippen LogP contribution is -2.37. The van der Waals surface area contributed by atoms with E-state index in [1.165, 1.54) is 77.0 Å². The second-order valence-electron chi connectivity index (χ2n) is 16.0. The van der Waals surface area contributed by atoms with E-state index in [1.807, 2.05) is 33.3 Å². The van der Waals surface area contributed by atoms with E-state index in [0.717, 1.165) is 57.8 Å². The Labute approximate surface area is 355 Å². The number of esters is 2. The van der Waals surface area contributed by atoms with Gasteiger partial charge in [0.2, 0.25) is 0 Å². The molecule has 9 nitrogen and oxygen atoms in total. The molecule has 0 aliphatic heterocycles. The van der Waals surface area contributed by atoms with Gasteiger partial charge in [0.25, 0.3) is 7.82 Å². The van der Waals surface area contributed by atoms with E-state index < -0.39 is 32.5 Å². The largest absolute Gasteiger partial charge is 0.756 e. The lowest BCUT2D eigenvalue weighted by Gasteiger charge is -2.28. The van der Waals surface area contributed by atoms with Crippen molar-refractivity contribution in [1.82, 2.24) is 0 Å². The zero-order valence-electron chi connectivity index (χ0n) is 37.5. The molecule has 0 fully saturated rings. The summed E-state index contributed by atoms with van der Waals surface area (Å²) in [5, 5.41) is 0. The van der Waals surface area contributed by atoms with Crippen LogP contribution in [0.3, 0.4) is 0 Å². The molecule has 334 valence electrons. The van der Waals surface area contributed by atoms with Crippen LogP contribution >= 0.6 is 7.82 Å². The highest BCUT2D eigenvalue weighted by Gasteiger charge is 2.21. The van der Waals surface area contributed by atoms with Crippen molar-refractivity contribution in [3.8, 4) is 0 Å². The molecule has 2 atom stereocenters. The summed E-state index contributed by atoms with van der Waals surface area (Å²) in [5.41, 5.74) is 0. The van der Waals surface area contributed by atoms with Crippen molar-refractivity contribution in [2.24, 2.45) is 0 Å². The number of ether oxygens (including phenoxy) is 2. The SMILES string of the molecule is CC/C=C\C/C=C\C/C=C\C/C=C\C/C=C\C/C=C\CCC(=O)OC(COC(=O)CCCCCCCCCCCCCCCCC)COP(=O)([O-])OCC[N+](C)(C)C. The van der Waals surface area contributed by atoms with Crippen molar-refractivity contribution in [2.75, 3.05) is 47.5 Å². The first-order valence-electron chi connectivity index (χ1n) is 22.6. The Morgan fingerprint density at radius 2 is 0.983 bits per heavy atom. The molecule has 0 spiro atoms. The Kier molecular flexibility index (Phi) is 38.1. The van der Waals surface area contributed by atoms with Crippen LogP contribution in [0.1, 0.15) is 168 Å². The molecule has 0 radical (unpaired) electrons. The molecule has 0 aromatic rings. The minimum atomic E-state index is -4.65. The van der Waals surface area contributed by atoms with Crippen molar-refractivity contribution in [2.45, 2.75) is 174 Å². The van der Waals surface area contributed by atoms with Crippen LogP contribution < -0.4 is 4.89 Å². The highest BCUT2D eigenvalue weighted by atomic mass is 31.2. The quantitative estimate of drug-likeness (QED) is 0.0197. The van der Waals surface area contributed by atoms with E-state index in [9.17, 15) is 19.0 Å². The monoisotopic (exact) mass is 834 g/mol. The first kappa shape index (κ1) is 55.5. The van der Waals surface area contributed by atoms with Crippen LogP contribution in [0.2, 0.25) is 0 Å². The fraction of sp³-hybridized carbons (Fsp3) is 0.708. The number of carbonyl (C=O) groups excluding carboxylic acids is 2. The van der Waals surface area contributed by atoms with Crippen LogP contribution in [-0.4, -0.2) is 70.0 Å². The number of nitrogens with zero attached hydrogens (tertiary/aromatic N) is 1. The van der Waals surface area contributed by atoms with Gasteiger partial charge in [-0.1, -0.05) is 177 Å². The molecule has 0 rings (SSSR count). The maximum atomic E-state index is 12.7. The first-order chi connectivity index (χ1) is 28.0. The zero-order chi connectivity index (χ0) is 42.8. The fourth-order valence-electron chi connectivity index (χ4n) is 5.74. The van der Waals surface area contributed by atoms with E-state index in [1.54, 1.807) is 0 Å². The standard InChI is InChI=1S/C48H84NO8P/c1-6-8-10-12-14-16-18-20-22-23-24-25-27-29-31-33-35-37-39-41-48(51)57-46(45-56-58(52,53)55-43-42-49(3,4)5)44-54-47(50)40-38-36-34-32-30-28-26-21-19-17-15-13-11-9-7-2/h8,10,14,16,20,22,24-25,29,31,35,37,46H,6-7,9,11-13,15,17-19,21,23,26-28,30,32-34,36,38-45H2,1-5H3/b10-8-,16-14-,22-20-,25-24-,31-29-,37-35-. The van der Waals surface area contributed by atoms with E-state index in [-0.39, 0.29) is 26.1 Å². The molecule has 0 aliphatic rings. The van der Waals surface area contributed by atoms with Gasteiger partial charge in [-0.2, -0.15) is 0 Å². The zero-order valence-corrected chi connectivity index (χ0v) is 38.4. The molecule has 0 saturated heterocycles. The van der Waals surface area contributed by atoms with Crippen LogP contribution in [0.15, 0.2) is 72.9 Å². The predicted molar refractivity (Wildman–Crippen MR) is 240 cm³/mol. The van der Waals surface area contributed by atoms with Crippen molar-refractivity contribution >= 4 is 19.8 Å².